The van der Waals surface area contributed by atoms with Crippen molar-refractivity contribution in [2.24, 2.45) is 5.73 Å². The molecule has 32 heavy (non-hydrogen) atoms. The van der Waals surface area contributed by atoms with Gasteiger partial charge in [0.15, 0.2) is 0 Å². The van der Waals surface area contributed by atoms with Crippen molar-refractivity contribution in [3.05, 3.63) is 70.8 Å². The molecule has 2 N–H and O–H groups in total. The summed E-state index contributed by atoms with van der Waals surface area (Å²) in [5.41, 5.74) is 5.01. The van der Waals surface area contributed by atoms with Crippen molar-refractivity contribution in [1.29, 1.82) is 0 Å². The van der Waals surface area contributed by atoms with E-state index in [-0.39, 0.29) is 11.3 Å². The van der Waals surface area contributed by atoms with Crippen LogP contribution in [0, 0.1) is 0 Å². The average Bonchev–Trinajstić information content (AvgIpc) is 3.34. The molecule has 0 spiro atoms. The molecule has 2 heterocycles. The van der Waals surface area contributed by atoms with E-state index >= 15 is 0 Å². The number of carbonyl (C=O) groups is 1. The molecule has 1 saturated carbocycles. The number of nitrogens with two attached hydrogens (primary N) is 1. The van der Waals surface area contributed by atoms with E-state index in [2.05, 4.69) is 14.8 Å². The van der Waals surface area contributed by atoms with E-state index in [1.165, 1.54) is 62.7 Å². The second-order valence-electron chi connectivity index (χ2n) is 7.08. The first-order valence-electron chi connectivity index (χ1n) is 9.95. The van der Waals surface area contributed by atoms with Gasteiger partial charge in [-0.1, -0.05) is 32.1 Å². The van der Waals surface area contributed by atoms with Crippen molar-refractivity contribution in [3.63, 3.8) is 0 Å². The minimum absolute atomic E-state index is 0.158. The fourth-order valence-electron chi connectivity index (χ4n) is 3.18. The molecule has 1 aromatic carbocycles. The monoisotopic (exact) mass is 446 g/mol. The summed E-state index contributed by atoms with van der Waals surface area (Å²) in [4.78, 5) is 27.9. The summed E-state index contributed by atoms with van der Waals surface area (Å²) in [6.07, 6.45) is 5.54. The molecule has 3 aromatic rings. The lowest BCUT2D eigenvalue weighted by molar-refractivity contribution is -0.274. The van der Waals surface area contributed by atoms with Crippen LogP contribution in [-0.4, -0.2) is 27.0 Å². The number of carbonyl (C=O) groups excluding carboxylic acids is 1. The summed E-state index contributed by atoms with van der Waals surface area (Å²) >= 11 is 0. The number of pyridine rings is 1. The summed E-state index contributed by atoms with van der Waals surface area (Å²) in [6.45, 7) is 0. The molecule has 1 aliphatic rings. The zero-order valence-electron chi connectivity index (χ0n) is 17.0. The van der Waals surface area contributed by atoms with E-state index in [4.69, 9.17) is 5.73 Å². The number of aromatic nitrogens is 3. The van der Waals surface area contributed by atoms with Crippen molar-refractivity contribution < 1.29 is 22.7 Å². The van der Waals surface area contributed by atoms with Gasteiger partial charge in [-0.05, 0) is 42.5 Å². The molecule has 168 valence electrons. The highest BCUT2D eigenvalue weighted by molar-refractivity contribution is 5.93. The highest BCUT2D eigenvalue weighted by atomic mass is 19.4. The fraction of sp³-hybridized carbons (Fsp3) is 0.273. The van der Waals surface area contributed by atoms with Crippen molar-refractivity contribution in [2.45, 2.75) is 38.5 Å². The van der Waals surface area contributed by atoms with Crippen molar-refractivity contribution in [1.82, 2.24) is 14.8 Å². The van der Waals surface area contributed by atoms with Gasteiger partial charge >= 0.3 is 6.36 Å². The zero-order valence-corrected chi connectivity index (χ0v) is 17.0. The highest BCUT2D eigenvalue weighted by Crippen LogP contribution is 2.26. The minimum Gasteiger partial charge on any atom is -0.406 e. The summed E-state index contributed by atoms with van der Waals surface area (Å²) in [7, 11) is 0. The van der Waals surface area contributed by atoms with E-state index in [0.29, 0.717) is 11.3 Å². The Morgan fingerprint density at radius 3 is 2.16 bits per heavy atom. The van der Waals surface area contributed by atoms with E-state index in [1.807, 2.05) is 0 Å². The summed E-state index contributed by atoms with van der Waals surface area (Å²) in [6, 6.07) is 9.11. The van der Waals surface area contributed by atoms with Gasteiger partial charge in [0.05, 0.1) is 17.6 Å². The molecule has 0 unspecified atom stereocenters. The fourth-order valence-corrected chi connectivity index (χ4v) is 3.18. The third-order valence-corrected chi connectivity index (χ3v) is 4.70. The largest absolute Gasteiger partial charge is 0.573 e. The molecular weight excluding hydrogens is 425 g/mol. The van der Waals surface area contributed by atoms with Crippen LogP contribution in [0.5, 0.6) is 5.75 Å². The Morgan fingerprint density at radius 2 is 1.66 bits per heavy atom. The highest BCUT2D eigenvalue weighted by Gasteiger charge is 2.31. The van der Waals surface area contributed by atoms with Crippen LogP contribution in [-0.2, 0) is 0 Å². The molecule has 0 saturated heterocycles. The van der Waals surface area contributed by atoms with Crippen LogP contribution in [0.15, 0.2) is 59.7 Å². The quantitative estimate of drug-likeness (QED) is 0.646. The average molecular weight is 446 g/mol. The number of nitrogens with zero attached hydrogens (tertiary/aromatic N) is 3. The van der Waals surface area contributed by atoms with Crippen molar-refractivity contribution in [3.8, 4) is 22.7 Å². The molecule has 4 rings (SSSR count). The number of benzene rings is 1. The van der Waals surface area contributed by atoms with Gasteiger partial charge in [-0.3, -0.25) is 14.6 Å². The Hall–Kier alpha value is -3.69. The smallest absolute Gasteiger partial charge is 0.406 e. The summed E-state index contributed by atoms with van der Waals surface area (Å²) in [5.74, 6) is -1.37. The topological polar surface area (TPSA) is 100 Å². The lowest BCUT2D eigenvalue weighted by Crippen LogP contribution is -2.30. The van der Waals surface area contributed by atoms with Crippen LogP contribution in [0.2, 0.25) is 0 Å². The molecule has 2 aromatic heterocycles. The van der Waals surface area contributed by atoms with Gasteiger partial charge in [-0.2, -0.15) is 9.78 Å². The maximum atomic E-state index is 12.4. The Kier molecular flexibility index (Phi) is 7.24. The van der Waals surface area contributed by atoms with E-state index < -0.39 is 23.6 Å². The number of halogens is 3. The Morgan fingerprint density at radius 1 is 1.03 bits per heavy atom. The second-order valence-corrected chi connectivity index (χ2v) is 7.08. The van der Waals surface area contributed by atoms with E-state index in [1.54, 1.807) is 12.1 Å². The van der Waals surface area contributed by atoms with Gasteiger partial charge in [0.25, 0.3) is 11.5 Å². The summed E-state index contributed by atoms with van der Waals surface area (Å²) in [5, 5.41) is 4.15. The normalized spacial score (nSPS) is 13.2. The van der Waals surface area contributed by atoms with Gasteiger partial charge in [-0.25, -0.2) is 0 Å². The molecule has 0 atom stereocenters. The molecule has 0 aliphatic heterocycles. The van der Waals surface area contributed by atoms with Crippen LogP contribution < -0.4 is 16.0 Å². The Balaban J connectivity index is 0.000000509. The second kappa shape index (κ2) is 10.1. The minimum atomic E-state index is -4.81. The number of rotatable bonds is 4. The molecule has 1 aliphatic carbocycles. The standard InChI is InChI=1S/C17H11F3N4O3.C5H10/c18-17(19,20)27-12-5-3-10(4-6-12)14-8-13(15(21)25)16(26)24(23-14)11-2-1-7-22-9-11;1-2-4-5-3-1/h1-9H,(H2,21,25);1-5H2. The van der Waals surface area contributed by atoms with Crippen molar-refractivity contribution >= 4 is 5.91 Å². The number of hydrogen-bond donors (Lipinski definition) is 1. The molecule has 7 nitrogen and oxygen atoms in total. The van der Waals surface area contributed by atoms with Gasteiger partial charge in [-0.15, -0.1) is 13.2 Å². The van der Waals surface area contributed by atoms with E-state index in [9.17, 15) is 22.8 Å². The SMILES string of the molecule is C1CCCC1.NC(=O)c1cc(-c2ccc(OC(F)(F)F)cc2)nn(-c2cccnc2)c1=O. The van der Waals surface area contributed by atoms with Gasteiger partial charge < -0.3 is 10.5 Å². The molecule has 0 radical (unpaired) electrons. The van der Waals surface area contributed by atoms with E-state index in [0.717, 1.165) is 16.8 Å². The lowest BCUT2D eigenvalue weighted by atomic mass is 10.1. The predicted molar refractivity (Wildman–Crippen MR) is 111 cm³/mol. The number of primary amides is 1. The van der Waals surface area contributed by atoms with Crippen LogP contribution in [0.1, 0.15) is 42.5 Å². The zero-order chi connectivity index (χ0) is 23.1. The van der Waals surface area contributed by atoms with Crippen LogP contribution in [0.25, 0.3) is 16.9 Å². The third-order valence-electron chi connectivity index (χ3n) is 4.70. The molecule has 1 amide bonds. The number of ether oxygens (including phenoxy) is 1. The van der Waals surface area contributed by atoms with Crippen LogP contribution in [0.4, 0.5) is 13.2 Å². The summed E-state index contributed by atoms with van der Waals surface area (Å²) < 4.78 is 41.5. The molecule has 0 bridgehead atoms. The number of hydrogen-bond acceptors (Lipinski definition) is 5. The third kappa shape index (κ3) is 6.16. The molecule has 10 heteroatoms. The number of alkyl halides is 3. The predicted octanol–water partition coefficient (Wildman–Crippen LogP) is 4.24. The maximum Gasteiger partial charge on any atom is 0.573 e. The number of amides is 1. The van der Waals surface area contributed by atoms with Gasteiger partial charge in [0.1, 0.15) is 11.3 Å². The first-order valence-corrected chi connectivity index (χ1v) is 9.95. The molecular formula is C22H21F3N4O3. The Labute approximate surface area is 181 Å². The Bertz CT molecular complexity index is 1100. The van der Waals surface area contributed by atoms with Gasteiger partial charge in [0.2, 0.25) is 0 Å². The van der Waals surface area contributed by atoms with Crippen molar-refractivity contribution in [2.75, 3.05) is 0 Å². The molecule has 1 fully saturated rings. The first-order chi connectivity index (χ1) is 15.2. The maximum absolute atomic E-state index is 12.4. The first kappa shape index (κ1) is 23.0. The van der Waals surface area contributed by atoms with Crippen LogP contribution in [0.3, 0.4) is 0 Å². The van der Waals surface area contributed by atoms with Gasteiger partial charge in [0, 0.05) is 11.8 Å². The lowest BCUT2D eigenvalue weighted by Gasteiger charge is -2.11. The van der Waals surface area contributed by atoms with Crippen LogP contribution >= 0.6 is 0 Å².